The monoisotopic (exact) mass is 400 g/mol. The molecule has 0 saturated carbocycles. The second-order valence-electron chi connectivity index (χ2n) is 7.05. The van der Waals surface area contributed by atoms with Gasteiger partial charge in [0.05, 0.1) is 13.0 Å². The van der Waals surface area contributed by atoms with Gasteiger partial charge in [-0.25, -0.2) is 4.79 Å². The molecule has 2 rings (SSSR count). The van der Waals surface area contributed by atoms with Crippen molar-refractivity contribution in [3.8, 4) is 0 Å². The molecule has 0 bridgehead atoms. The van der Waals surface area contributed by atoms with E-state index in [1.54, 1.807) is 0 Å². The van der Waals surface area contributed by atoms with Crippen molar-refractivity contribution in [3.05, 3.63) is 48.0 Å². The summed E-state index contributed by atoms with van der Waals surface area (Å²) in [5, 5.41) is 7.36. The number of fused-ring (bicyclic) bond motifs is 1. The van der Waals surface area contributed by atoms with Crippen molar-refractivity contribution >= 4 is 28.6 Å². The molecule has 1 atom stereocenters. The van der Waals surface area contributed by atoms with Crippen molar-refractivity contribution in [2.45, 2.75) is 26.3 Å². The van der Waals surface area contributed by atoms with Crippen molar-refractivity contribution in [1.82, 2.24) is 10.6 Å². The molecule has 2 N–H and O–H groups in total. The Hall–Kier alpha value is -2.93. The van der Waals surface area contributed by atoms with Crippen molar-refractivity contribution in [2.24, 2.45) is 5.92 Å². The summed E-state index contributed by atoms with van der Waals surface area (Å²) < 4.78 is 9.91. The van der Waals surface area contributed by atoms with Gasteiger partial charge in [0.1, 0.15) is 6.04 Å². The van der Waals surface area contributed by atoms with Gasteiger partial charge >= 0.3 is 5.97 Å². The molecule has 2 aromatic carbocycles. The number of methoxy groups -OCH3 is 1. The summed E-state index contributed by atoms with van der Waals surface area (Å²) in [6.45, 7) is 3.93. The van der Waals surface area contributed by atoms with Gasteiger partial charge in [0, 0.05) is 13.7 Å². The summed E-state index contributed by atoms with van der Waals surface area (Å²) in [6.07, 6.45) is 0.148. The second-order valence-corrected chi connectivity index (χ2v) is 7.05. The van der Waals surface area contributed by atoms with Crippen LogP contribution in [0.25, 0.3) is 10.8 Å². The van der Waals surface area contributed by atoms with Gasteiger partial charge < -0.3 is 20.1 Å². The van der Waals surface area contributed by atoms with E-state index in [1.165, 1.54) is 7.11 Å². The maximum absolute atomic E-state index is 12.6. The Morgan fingerprint density at radius 3 is 2.45 bits per heavy atom. The predicted molar refractivity (Wildman–Crippen MR) is 110 cm³/mol. The number of benzene rings is 2. The highest BCUT2D eigenvalue weighted by Crippen LogP contribution is 2.19. The zero-order valence-corrected chi connectivity index (χ0v) is 17.1. The summed E-state index contributed by atoms with van der Waals surface area (Å²) in [7, 11) is 1.53. The van der Waals surface area contributed by atoms with Gasteiger partial charge in [-0.3, -0.25) is 9.59 Å². The van der Waals surface area contributed by atoms with E-state index in [1.807, 2.05) is 56.3 Å². The highest BCUT2D eigenvalue weighted by molar-refractivity contribution is 5.92. The smallest absolute Gasteiger partial charge is 0.329 e. The van der Waals surface area contributed by atoms with Crippen LogP contribution in [0.15, 0.2) is 42.5 Å². The molecule has 0 aliphatic heterocycles. The van der Waals surface area contributed by atoms with Gasteiger partial charge in [0.15, 0.2) is 6.61 Å². The molecule has 7 nitrogen and oxygen atoms in total. The summed E-state index contributed by atoms with van der Waals surface area (Å²) in [5.74, 6) is -1.51. The van der Waals surface area contributed by atoms with Crippen LogP contribution in [-0.4, -0.2) is 50.7 Å². The Morgan fingerprint density at radius 2 is 1.72 bits per heavy atom. The molecule has 0 aliphatic rings. The standard InChI is InChI=1S/C22H28N2O5/c1-15(2)21(22(27)29-14-20(26)23-11-12-28-3)24-19(25)13-17-9-6-8-16-7-4-5-10-18(16)17/h4-10,15,21H,11-14H2,1-3H3,(H,23,26)(H,24,25)/t21-/m0/s1. The molecule has 0 radical (unpaired) electrons. The minimum atomic E-state index is -0.829. The first-order valence-electron chi connectivity index (χ1n) is 9.60. The molecule has 0 heterocycles. The van der Waals surface area contributed by atoms with E-state index in [-0.39, 0.29) is 18.2 Å². The number of ether oxygens (including phenoxy) is 2. The lowest BCUT2D eigenvalue weighted by atomic mass is 10.0. The van der Waals surface area contributed by atoms with E-state index < -0.39 is 24.5 Å². The third kappa shape index (κ3) is 6.87. The minimum Gasteiger partial charge on any atom is -0.454 e. The Labute approximate surface area is 170 Å². The summed E-state index contributed by atoms with van der Waals surface area (Å²) >= 11 is 0. The van der Waals surface area contributed by atoms with E-state index in [4.69, 9.17) is 9.47 Å². The van der Waals surface area contributed by atoms with Crippen molar-refractivity contribution in [2.75, 3.05) is 26.9 Å². The predicted octanol–water partition coefficient (Wildman–Crippen LogP) is 1.83. The number of hydrogen-bond donors (Lipinski definition) is 2. The fraction of sp³-hybridized carbons (Fsp3) is 0.409. The van der Waals surface area contributed by atoms with Gasteiger partial charge in [-0.1, -0.05) is 56.3 Å². The van der Waals surface area contributed by atoms with Crippen LogP contribution in [0.3, 0.4) is 0 Å². The van der Waals surface area contributed by atoms with Gasteiger partial charge in [0.25, 0.3) is 5.91 Å². The lowest BCUT2D eigenvalue weighted by Gasteiger charge is -2.21. The van der Waals surface area contributed by atoms with Gasteiger partial charge in [-0.15, -0.1) is 0 Å². The molecule has 0 spiro atoms. The van der Waals surface area contributed by atoms with Crippen LogP contribution in [0.1, 0.15) is 19.4 Å². The SMILES string of the molecule is COCCNC(=O)COC(=O)[C@@H](NC(=O)Cc1cccc2ccccc12)C(C)C. The molecular formula is C22H28N2O5. The first kappa shape index (κ1) is 22.4. The molecule has 29 heavy (non-hydrogen) atoms. The molecule has 0 unspecified atom stereocenters. The Bertz CT molecular complexity index is 845. The minimum absolute atomic E-state index is 0.148. The van der Waals surface area contributed by atoms with E-state index in [0.29, 0.717) is 13.2 Å². The van der Waals surface area contributed by atoms with Crippen molar-refractivity contribution in [3.63, 3.8) is 0 Å². The van der Waals surface area contributed by atoms with Crippen LogP contribution < -0.4 is 10.6 Å². The lowest BCUT2D eigenvalue weighted by Crippen LogP contribution is -2.46. The van der Waals surface area contributed by atoms with Crippen LogP contribution in [0.2, 0.25) is 0 Å². The van der Waals surface area contributed by atoms with Gasteiger partial charge in [-0.2, -0.15) is 0 Å². The Morgan fingerprint density at radius 1 is 1.00 bits per heavy atom. The van der Waals surface area contributed by atoms with Crippen LogP contribution >= 0.6 is 0 Å². The molecule has 0 fully saturated rings. The molecule has 2 aromatic rings. The number of hydrogen-bond acceptors (Lipinski definition) is 5. The van der Waals surface area contributed by atoms with Gasteiger partial charge in [-0.05, 0) is 22.3 Å². The normalized spacial score (nSPS) is 11.9. The lowest BCUT2D eigenvalue weighted by molar-refractivity contribution is -0.152. The van der Waals surface area contributed by atoms with E-state index in [0.717, 1.165) is 16.3 Å². The maximum Gasteiger partial charge on any atom is 0.329 e. The summed E-state index contributed by atoms with van der Waals surface area (Å²) in [5.41, 5.74) is 0.883. The largest absolute Gasteiger partial charge is 0.454 e. The molecule has 2 amide bonds. The van der Waals surface area contributed by atoms with Crippen LogP contribution in [0, 0.1) is 5.92 Å². The Balaban J connectivity index is 1.94. The third-order valence-electron chi connectivity index (χ3n) is 4.44. The topological polar surface area (TPSA) is 93.7 Å². The molecule has 7 heteroatoms. The third-order valence-corrected chi connectivity index (χ3v) is 4.44. The molecule has 156 valence electrons. The number of carbonyl (C=O) groups excluding carboxylic acids is 3. The summed E-state index contributed by atoms with van der Waals surface area (Å²) in [6, 6.07) is 12.8. The van der Waals surface area contributed by atoms with Gasteiger partial charge in [0.2, 0.25) is 5.91 Å². The zero-order chi connectivity index (χ0) is 21.2. The summed E-state index contributed by atoms with van der Waals surface area (Å²) in [4.78, 5) is 36.6. The van der Waals surface area contributed by atoms with Crippen molar-refractivity contribution in [1.29, 1.82) is 0 Å². The van der Waals surface area contributed by atoms with Crippen LogP contribution in [0.4, 0.5) is 0 Å². The average molecular weight is 400 g/mol. The highest BCUT2D eigenvalue weighted by atomic mass is 16.5. The number of nitrogens with one attached hydrogen (secondary N) is 2. The number of amides is 2. The fourth-order valence-corrected chi connectivity index (χ4v) is 2.91. The van der Waals surface area contributed by atoms with Crippen molar-refractivity contribution < 1.29 is 23.9 Å². The van der Waals surface area contributed by atoms with E-state index in [2.05, 4.69) is 10.6 Å². The molecule has 0 aliphatic carbocycles. The first-order valence-corrected chi connectivity index (χ1v) is 9.60. The highest BCUT2D eigenvalue weighted by Gasteiger charge is 2.26. The molecule has 0 saturated heterocycles. The Kier molecular flexibility index (Phi) is 8.61. The number of esters is 1. The number of rotatable bonds is 10. The average Bonchev–Trinajstić information content (AvgIpc) is 2.70. The molecular weight excluding hydrogens is 372 g/mol. The van der Waals surface area contributed by atoms with Crippen LogP contribution in [0.5, 0.6) is 0 Å². The van der Waals surface area contributed by atoms with E-state index in [9.17, 15) is 14.4 Å². The van der Waals surface area contributed by atoms with E-state index >= 15 is 0 Å². The second kappa shape index (κ2) is 11.2. The quantitative estimate of drug-likeness (QED) is 0.469. The molecule has 0 aromatic heterocycles. The zero-order valence-electron chi connectivity index (χ0n) is 17.1. The first-order chi connectivity index (χ1) is 13.9. The maximum atomic E-state index is 12.6. The number of carbonyl (C=O) groups is 3. The van der Waals surface area contributed by atoms with Crippen LogP contribution in [-0.2, 0) is 30.3 Å². The fourth-order valence-electron chi connectivity index (χ4n) is 2.91.